The van der Waals surface area contributed by atoms with Gasteiger partial charge in [-0.3, -0.25) is 14.4 Å². The van der Waals surface area contributed by atoms with Crippen molar-refractivity contribution in [3.8, 4) is 0 Å². The van der Waals surface area contributed by atoms with Crippen molar-refractivity contribution in [2.24, 2.45) is 5.92 Å². The van der Waals surface area contributed by atoms with Crippen molar-refractivity contribution in [2.75, 3.05) is 13.1 Å². The van der Waals surface area contributed by atoms with E-state index in [9.17, 15) is 14.4 Å². The third-order valence-corrected chi connectivity index (χ3v) is 5.70. The van der Waals surface area contributed by atoms with Gasteiger partial charge in [-0.2, -0.15) is 0 Å². The first-order valence-electron chi connectivity index (χ1n) is 9.96. The predicted octanol–water partition coefficient (Wildman–Crippen LogP) is 1.20. The van der Waals surface area contributed by atoms with Gasteiger partial charge in [-0.25, -0.2) is 0 Å². The lowest BCUT2D eigenvalue weighted by Crippen LogP contribution is -2.61. The quantitative estimate of drug-likeness (QED) is 0.815. The first-order valence-corrected chi connectivity index (χ1v) is 9.96. The highest BCUT2D eigenvalue weighted by Crippen LogP contribution is 2.30. The van der Waals surface area contributed by atoms with Gasteiger partial charge in [0.2, 0.25) is 17.7 Å². The fourth-order valence-electron chi connectivity index (χ4n) is 4.39. The lowest BCUT2D eigenvalue weighted by molar-refractivity contribution is -0.154. The maximum Gasteiger partial charge on any atom is 0.245 e. The lowest BCUT2D eigenvalue weighted by Gasteiger charge is -2.43. The molecule has 1 aromatic rings. The highest BCUT2D eigenvalue weighted by Gasteiger charge is 2.47. The number of nitrogens with zero attached hydrogens (tertiary/aromatic N) is 3. The molecule has 3 rings (SSSR count). The average Bonchev–Trinajstić information content (AvgIpc) is 3.14. The summed E-state index contributed by atoms with van der Waals surface area (Å²) in [7, 11) is 0. The van der Waals surface area contributed by atoms with Crippen LogP contribution in [-0.4, -0.2) is 63.9 Å². The number of amides is 3. The Hall–Kier alpha value is -2.38. The van der Waals surface area contributed by atoms with Gasteiger partial charge in [-0.1, -0.05) is 19.0 Å². The summed E-state index contributed by atoms with van der Waals surface area (Å²) in [5.41, 5.74) is 1.51. The van der Waals surface area contributed by atoms with Crippen LogP contribution in [0.3, 0.4) is 0 Å². The monoisotopic (exact) mass is 390 g/mol. The van der Waals surface area contributed by atoms with Gasteiger partial charge in [0, 0.05) is 31.6 Å². The van der Waals surface area contributed by atoms with E-state index in [0.29, 0.717) is 37.4 Å². The van der Waals surface area contributed by atoms with Crippen molar-refractivity contribution in [2.45, 2.75) is 72.0 Å². The number of rotatable bonds is 5. The van der Waals surface area contributed by atoms with Crippen molar-refractivity contribution in [3.63, 3.8) is 0 Å². The Morgan fingerprint density at radius 1 is 1.29 bits per heavy atom. The lowest BCUT2D eigenvalue weighted by atomic mass is 9.96. The Morgan fingerprint density at radius 3 is 2.57 bits per heavy atom. The highest BCUT2D eigenvalue weighted by atomic mass is 16.5. The Bertz CT molecular complexity index is 753. The van der Waals surface area contributed by atoms with Gasteiger partial charge in [-0.05, 0) is 32.6 Å². The zero-order valence-electron chi connectivity index (χ0n) is 17.3. The summed E-state index contributed by atoms with van der Waals surface area (Å²) in [5.74, 6) is 0.750. The first-order chi connectivity index (χ1) is 13.2. The van der Waals surface area contributed by atoms with Gasteiger partial charge in [0.1, 0.15) is 11.8 Å². The van der Waals surface area contributed by atoms with Gasteiger partial charge in [0.05, 0.1) is 18.2 Å². The van der Waals surface area contributed by atoms with Crippen LogP contribution in [0, 0.1) is 19.8 Å². The van der Waals surface area contributed by atoms with Gasteiger partial charge in [-0.15, -0.1) is 0 Å². The van der Waals surface area contributed by atoms with Crippen LogP contribution in [0.2, 0.25) is 0 Å². The SMILES string of the molecule is CC(=O)N[C@H]1C[C@H]2CN(C(=O)Cc3c(C)noc3C)[C@@H](CC(C)C)C(=O)N2C1. The van der Waals surface area contributed by atoms with E-state index in [4.69, 9.17) is 4.52 Å². The van der Waals surface area contributed by atoms with E-state index in [1.54, 1.807) is 11.8 Å². The minimum Gasteiger partial charge on any atom is -0.361 e. The first kappa shape index (κ1) is 20.4. The molecule has 8 heteroatoms. The highest BCUT2D eigenvalue weighted by molar-refractivity contribution is 5.90. The summed E-state index contributed by atoms with van der Waals surface area (Å²) in [6.07, 6.45) is 1.49. The van der Waals surface area contributed by atoms with Crippen LogP contribution in [0.4, 0.5) is 0 Å². The standard InChI is InChI=1S/C20H30N4O4/c1-11(2)6-18-20(27)23-9-15(21-14(5)25)7-16(23)10-24(18)19(26)8-17-12(3)22-28-13(17)4/h11,15-16,18H,6-10H2,1-5H3,(H,21,25)/t15-,16-,18-/m0/s1. The third-order valence-electron chi connectivity index (χ3n) is 5.70. The molecule has 0 radical (unpaired) electrons. The molecule has 1 aromatic heterocycles. The number of hydrogen-bond acceptors (Lipinski definition) is 5. The molecule has 3 atom stereocenters. The van der Waals surface area contributed by atoms with Crippen LogP contribution in [-0.2, 0) is 20.8 Å². The van der Waals surface area contributed by atoms with Crippen LogP contribution in [0.5, 0.6) is 0 Å². The molecule has 28 heavy (non-hydrogen) atoms. The Kier molecular flexibility index (Phi) is 5.76. The maximum absolute atomic E-state index is 13.2. The number of aryl methyl sites for hydroxylation is 2. The molecule has 1 N–H and O–H groups in total. The summed E-state index contributed by atoms with van der Waals surface area (Å²) >= 11 is 0. The van der Waals surface area contributed by atoms with Gasteiger partial charge < -0.3 is 19.6 Å². The molecule has 0 saturated carbocycles. The minimum atomic E-state index is -0.458. The van der Waals surface area contributed by atoms with E-state index in [1.807, 2.05) is 11.8 Å². The summed E-state index contributed by atoms with van der Waals surface area (Å²) < 4.78 is 5.18. The van der Waals surface area contributed by atoms with Gasteiger partial charge in [0.15, 0.2) is 0 Å². The molecule has 2 aliphatic rings. The second-order valence-electron chi connectivity index (χ2n) is 8.45. The number of aromatic nitrogens is 1. The maximum atomic E-state index is 13.2. The largest absolute Gasteiger partial charge is 0.361 e. The summed E-state index contributed by atoms with van der Waals surface area (Å²) in [5, 5.41) is 6.84. The molecule has 0 bridgehead atoms. The Labute approximate surface area is 165 Å². The van der Waals surface area contributed by atoms with E-state index < -0.39 is 6.04 Å². The summed E-state index contributed by atoms with van der Waals surface area (Å²) in [4.78, 5) is 41.4. The number of hydrogen-bond donors (Lipinski definition) is 1. The molecule has 154 valence electrons. The molecular weight excluding hydrogens is 360 g/mol. The molecule has 0 aliphatic carbocycles. The second kappa shape index (κ2) is 7.93. The average molecular weight is 390 g/mol. The van der Waals surface area contributed by atoms with Crippen molar-refractivity contribution in [3.05, 3.63) is 17.0 Å². The van der Waals surface area contributed by atoms with Crippen molar-refractivity contribution in [1.29, 1.82) is 0 Å². The van der Waals surface area contributed by atoms with E-state index >= 15 is 0 Å². The Balaban J connectivity index is 1.81. The molecule has 0 aromatic carbocycles. The number of carbonyl (C=O) groups is 3. The molecule has 2 fully saturated rings. The number of piperazine rings is 1. The van der Waals surface area contributed by atoms with Gasteiger partial charge >= 0.3 is 0 Å². The minimum absolute atomic E-state index is 0.00934. The number of nitrogens with one attached hydrogen (secondary N) is 1. The van der Waals surface area contributed by atoms with E-state index in [1.165, 1.54) is 6.92 Å². The van der Waals surface area contributed by atoms with Crippen LogP contribution in [0.25, 0.3) is 0 Å². The fourth-order valence-corrected chi connectivity index (χ4v) is 4.39. The summed E-state index contributed by atoms with van der Waals surface area (Å²) in [6.45, 7) is 10.2. The Morgan fingerprint density at radius 2 is 2.00 bits per heavy atom. The number of fused-ring (bicyclic) bond motifs is 1. The van der Waals surface area contributed by atoms with Crippen LogP contribution >= 0.6 is 0 Å². The van der Waals surface area contributed by atoms with Crippen LogP contribution in [0.15, 0.2) is 4.52 Å². The molecule has 3 amide bonds. The zero-order chi connectivity index (χ0) is 20.6. The molecule has 0 unspecified atom stereocenters. The summed E-state index contributed by atoms with van der Waals surface area (Å²) in [6, 6.07) is -0.564. The molecular formula is C20H30N4O4. The normalized spacial score (nSPS) is 24.6. The topological polar surface area (TPSA) is 95.7 Å². The van der Waals surface area contributed by atoms with Gasteiger partial charge in [0.25, 0.3) is 0 Å². The predicted molar refractivity (Wildman–Crippen MR) is 102 cm³/mol. The molecule has 2 aliphatic heterocycles. The molecule has 3 heterocycles. The number of carbonyl (C=O) groups excluding carboxylic acids is 3. The third kappa shape index (κ3) is 4.05. The van der Waals surface area contributed by atoms with Crippen molar-refractivity contribution >= 4 is 17.7 Å². The van der Waals surface area contributed by atoms with Crippen LogP contribution < -0.4 is 5.32 Å². The van der Waals surface area contributed by atoms with Crippen molar-refractivity contribution < 1.29 is 18.9 Å². The van der Waals surface area contributed by atoms with E-state index in [2.05, 4.69) is 24.3 Å². The van der Waals surface area contributed by atoms with E-state index in [-0.39, 0.29) is 42.1 Å². The molecule has 2 saturated heterocycles. The second-order valence-corrected chi connectivity index (χ2v) is 8.45. The zero-order valence-corrected chi connectivity index (χ0v) is 17.3. The molecule has 8 nitrogen and oxygen atoms in total. The van der Waals surface area contributed by atoms with Crippen molar-refractivity contribution in [1.82, 2.24) is 20.3 Å². The fraction of sp³-hybridized carbons (Fsp3) is 0.700. The van der Waals surface area contributed by atoms with E-state index in [0.717, 1.165) is 5.56 Å². The smallest absolute Gasteiger partial charge is 0.245 e. The molecule has 0 spiro atoms. The van der Waals surface area contributed by atoms with Crippen LogP contribution in [0.1, 0.15) is 50.6 Å².